The van der Waals surface area contributed by atoms with Gasteiger partial charge in [-0.15, -0.1) is 0 Å². The van der Waals surface area contributed by atoms with Crippen molar-refractivity contribution in [1.82, 2.24) is 0 Å². The Labute approximate surface area is 97.2 Å². The van der Waals surface area contributed by atoms with E-state index in [1.807, 2.05) is 37.6 Å². The molecule has 1 aromatic carbocycles. The normalized spacial score (nSPS) is 34.9. The molecule has 2 unspecified atom stereocenters. The van der Waals surface area contributed by atoms with Gasteiger partial charge in [0.05, 0.1) is 14.3 Å². The number of fused-ring (bicyclic) bond motifs is 1. The van der Waals surface area contributed by atoms with Crippen LogP contribution in [0.5, 0.6) is 0 Å². The summed E-state index contributed by atoms with van der Waals surface area (Å²) >= 11 is 0. The highest BCUT2D eigenvalue weighted by molar-refractivity contribution is 7.66. The van der Waals surface area contributed by atoms with Gasteiger partial charge in [0.15, 0.2) is 0 Å². The topological polar surface area (TPSA) is 34.1 Å². The van der Waals surface area contributed by atoms with Crippen molar-refractivity contribution in [2.24, 2.45) is 0 Å². The van der Waals surface area contributed by atoms with Crippen LogP contribution in [0.4, 0.5) is 0 Å². The second-order valence-electron chi connectivity index (χ2n) is 5.13. The average molecular weight is 256 g/mol. The zero-order valence-electron chi connectivity index (χ0n) is 9.85. The average Bonchev–Trinajstić information content (AvgIpc) is 2.17. The molecule has 0 amide bonds. The van der Waals surface area contributed by atoms with E-state index in [1.165, 1.54) is 0 Å². The summed E-state index contributed by atoms with van der Waals surface area (Å²) in [4.78, 5) is 0. The first-order valence-electron chi connectivity index (χ1n) is 5.56. The van der Waals surface area contributed by atoms with Gasteiger partial charge in [0.25, 0.3) is 0 Å². The summed E-state index contributed by atoms with van der Waals surface area (Å²) in [5.74, 6) is 0. The second-order valence-corrected chi connectivity index (χ2v) is 11.8. The fourth-order valence-corrected chi connectivity index (χ4v) is 7.93. The standard InChI is InChI=1S/C12H18O2P2/c1-15(13)7-8-16(2,14)10-12-6-4-3-5-11(12)9-15/h3-6H,7-10H2,1-2H3. The van der Waals surface area contributed by atoms with Gasteiger partial charge < -0.3 is 9.13 Å². The predicted molar refractivity (Wildman–Crippen MR) is 70.6 cm³/mol. The third kappa shape index (κ3) is 2.87. The van der Waals surface area contributed by atoms with E-state index in [4.69, 9.17) is 0 Å². The van der Waals surface area contributed by atoms with Crippen LogP contribution in [-0.4, -0.2) is 25.7 Å². The fraction of sp³-hybridized carbons (Fsp3) is 0.500. The molecule has 2 nitrogen and oxygen atoms in total. The lowest BCUT2D eigenvalue weighted by Crippen LogP contribution is -2.07. The fourth-order valence-electron chi connectivity index (χ4n) is 2.17. The van der Waals surface area contributed by atoms with Gasteiger partial charge >= 0.3 is 0 Å². The molecule has 88 valence electrons. The van der Waals surface area contributed by atoms with E-state index < -0.39 is 14.3 Å². The van der Waals surface area contributed by atoms with E-state index in [-0.39, 0.29) is 0 Å². The van der Waals surface area contributed by atoms with Crippen molar-refractivity contribution < 1.29 is 9.13 Å². The van der Waals surface area contributed by atoms with Gasteiger partial charge in [-0.1, -0.05) is 24.3 Å². The number of hydrogen-bond donors (Lipinski definition) is 0. The van der Waals surface area contributed by atoms with Gasteiger partial charge in [0.2, 0.25) is 0 Å². The van der Waals surface area contributed by atoms with Crippen molar-refractivity contribution in [1.29, 1.82) is 0 Å². The molecule has 0 saturated heterocycles. The Morgan fingerprint density at radius 2 is 1.25 bits per heavy atom. The number of benzene rings is 1. The van der Waals surface area contributed by atoms with Crippen LogP contribution >= 0.6 is 14.3 Å². The molecular weight excluding hydrogens is 238 g/mol. The third-order valence-electron chi connectivity index (χ3n) is 3.17. The van der Waals surface area contributed by atoms with Crippen molar-refractivity contribution in [3.05, 3.63) is 35.4 Å². The Hall–Kier alpha value is -0.320. The van der Waals surface area contributed by atoms with Gasteiger partial charge in [-0.05, 0) is 24.5 Å². The van der Waals surface area contributed by atoms with Crippen LogP contribution < -0.4 is 0 Å². The summed E-state index contributed by atoms with van der Waals surface area (Å²) in [6.07, 6.45) is 2.61. The maximum atomic E-state index is 12.3. The minimum atomic E-state index is -2.14. The molecular formula is C12H18O2P2. The highest BCUT2D eigenvalue weighted by Crippen LogP contribution is 2.55. The van der Waals surface area contributed by atoms with Gasteiger partial charge in [0.1, 0.15) is 0 Å². The van der Waals surface area contributed by atoms with Gasteiger partial charge in [0, 0.05) is 24.6 Å². The third-order valence-corrected chi connectivity index (χ3v) is 7.89. The molecule has 0 bridgehead atoms. The summed E-state index contributed by atoms with van der Waals surface area (Å²) in [6, 6.07) is 8.00. The molecule has 0 fully saturated rings. The first-order valence-corrected chi connectivity index (χ1v) is 10.6. The van der Waals surface area contributed by atoms with E-state index in [0.29, 0.717) is 24.6 Å². The Morgan fingerprint density at radius 1 is 0.875 bits per heavy atom. The largest absolute Gasteiger partial charge is 0.323 e. The molecule has 1 aliphatic rings. The van der Waals surface area contributed by atoms with Crippen molar-refractivity contribution in [3.8, 4) is 0 Å². The summed E-state index contributed by atoms with van der Waals surface area (Å²) in [5, 5.41) is 0. The predicted octanol–water partition coefficient (Wildman–Crippen LogP) is 3.69. The first-order chi connectivity index (χ1) is 7.38. The van der Waals surface area contributed by atoms with Crippen LogP contribution in [0.25, 0.3) is 0 Å². The summed E-state index contributed by atoms with van der Waals surface area (Å²) in [6.45, 7) is 3.68. The van der Waals surface area contributed by atoms with Gasteiger partial charge in [-0.3, -0.25) is 0 Å². The lowest BCUT2D eigenvalue weighted by Gasteiger charge is -2.23. The minimum Gasteiger partial charge on any atom is -0.323 e. The van der Waals surface area contributed by atoms with Crippen LogP contribution in [-0.2, 0) is 21.5 Å². The van der Waals surface area contributed by atoms with Crippen molar-refractivity contribution >= 4 is 14.3 Å². The van der Waals surface area contributed by atoms with Crippen molar-refractivity contribution in [2.45, 2.75) is 12.3 Å². The molecule has 1 aliphatic heterocycles. The molecule has 0 spiro atoms. The molecule has 2 atom stereocenters. The van der Waals surface area contributed by atoms with Gasteiger partial charge in [-0.25, -0.2) is 0 Å². The van der Waals surface area contributed by atoms with Crippen LogP contribution in [0.1, 0.15) is 11.1 Å². The molecule has 0 radical (unpaired) electrons. The van der Waals surface area contributed by atoms with Crippen LogP contribution in [0, 0.1) is 0 Å². The van der Waals surface area contributed by atoms with Gasteiger partial charge in [-0.2, -0.15) is 0 Å². The molecule has 1 heterocycles. The van der Waals surface area contributed by atoms with Crippen LogP contribution in [0.15, 0.2) is 24.3 Å². The maximum Gasteiger partial charge on any atom is 0.0894 e. The quantitative estimate of drug-likeness (QED) is 0.663. The summed E-state index contributed by atoms with van der Waals surface area (Å²) in [5.41, 5.74) is 2.27. The van der Waals surface area contributed by atoms with E-state index in [1.54, 1.807) is 0 Å². The SMILES string of the molecule is CP1(=O)CCP(C)(=O)Cc2ccccc2C1. The summed E-state index contributed by atoms with van der Waals surface area (Å²) < 4.78 is 24.7. The van der Waals surface area contributed by atoms with E-state index in [0.717, 1.165) is 11.1 Å². The van der Waals surface area contributed by atoms with E-state index >= 15 is 0 Å². The monoisotopic (exact) mass is 256 g/mol. The number of hydrogen-bond acceptors (Lipinski definition) is 2. The molecule has 2 rings (SSSR count). The van der Waals surface area contributed by atoms with Crippen LogP contribution in [0.2, 0.25) is 0 Å². The van der Waals surface area contributed by atoms with E-state index in [9.17, 15) is 9.13 Å². The molecule has 1 aromatic rings. The van der Waals surface area contributed by atoms with Crippen molar-refractivity contribution in [2.75, 3.05) is 25.7 Å². The Balaban J connectivity index is 2.47. The maximum absolute atomic E-state index is 12.3. The van der Waals surface area contributed by atoms with E-state index in [2.05, 4.69) is 0 Å². The smallest absolute Gasteiger partial charge is 0.0894 e. The number of rotatable bonds is 0. The zero-order valence-corrected chi connectivity index (χ0v) is 11.6. The molecule has 16 heavy (non-hydrogen) atoms. The van der Waals surface area contributed by atoms with Crippen LogP contribution in [0.3, 0.4) is 0 Å². The molecule has 0 N–H and O–H groups in total. The molecule has 0 aliphatic carbocycles. The molecule has 0 saturated carbocycles. The Morgan fingerprint density at radius 3 is 1.62 bits per heavy atom. The summed E-state index contributed by atoms with van der Waals surface area (Å²) in [7, 11) is -4.28. The Bertz CT molecular complexity index is 449. The molecule has 0 aromatic heterocycles. The Kier molecular flexibility index (Phi) is 3.16. The molecule has 4 heteroatoms. The van der Waals surface area contributed by atoms with Crippen molar-refractivity contribution in [3.63, 3.8) is 0 Å². The second kappa shape index (κ2) is 4.17. The highest BCUT2D eigenvalue weighted by Gasteiger charge is 2.27. The highest BCUT2D eigenvalue weighted by atomic mass is 31.2. The first kappa shape index (κ1) is 12.1. The lowest BCUT2D eigenvalue weighted by atomic mass is 10.1. The minimum absolute atomic E-state index is 0.634. The lowest BCUT2D eigenvalue weighted by molar-refractivity contribution is 0.570. The zero-order chi connectivity index (χ0) is 11.8.